The van der Waals surface area contributed by atoms with E-state index >= 15 is 0 Å². The molecule has 1 aromatic rings. The summed E-state index contributed by atoms with van der Waals surface area (Å²) < 4.78 is 0. The van der Waals surface area contributed by atoms with Gasteiger partial charge in [0, 0.05) is 11.1 Å². The standard InChI is InChI=1S/C11H6O4/c12-9-3-4-10(13)8-5-6(9)1-2-7(8)11(14)15/h1-5H,(H,14,15). The molecule has 0 unspecified atom stereocenters. The van der Waals surface area contributed by atoms with Crippen molar-refractivity contribution in [1.82, 2.24) is 0 Å². The van der Waals surface area contributed by atoms with Crippen LogP contribution >= 0.6 is 0 Å². The fourth-order valence-corrected chi connectivity index (χ4v) is 1.43. The highest BCUT2D eigenvalue weighted by atomic mass is 16.4. The maximum Gasteiger partial charge on any atom is 0.336 e. The first kappa shape index (κ1) is 9.33. The van der Waals surface area contributed by atoms with Crippen LogP contribution in [0.2, 0.25) is 0 Å². The smallest absolute Gasteiger partial charge is 0.336 e. The van der Waals surface area contributed by atoms with Crippen LogP contribution < -0.4 is 0 Å². The van der Waals surface area contributed by atoms with E-state index in [0.29, 0.717) is 5.56 Å². The molecule has 0 saturated heterocycles. The molecule has 0 spiro atoms. The predicted molar refractivity (Wildman–Crippen MR) is 51.2 cm³/mol. The molecule has 1 N–H and O–H groups in total. The fraction of sp³-hybridized carbons (Fsp3) is 0. The van der Waals surface area contributed by atoms with E-state index in [1.165, 1.54) is 18.2 Å². The SMILES string of the molecule is O=C1C=CC(=O)c2cc1ccc2C(=O)O. The van der Waals surface area contributed by atoms with Crippen molar-refractivity contribution >= 4 is 17.5 Å². The molecule has 4 nitrogen and oxygen atoms in total. The zero-order valence-corrected chi connectivity index (χ0v) is 7.56. The summed E-state index contributed by atoms with van der Waals surface area (Å²) in [5.41, 5.74) is 0.308. The summed E-state index contributed by atoms with van der Waals surface area (Å²) in [6.45, 7) is 0. The summed E-state index contributed by atoms with van der Waals surface area (Å²) in [4.78, 5) is 33.6. The molecule has 0 heterocycles. The Kier molecular flexibility index (Phi) is 1.97. The van der Waals surface area contributed by atoms with Crippen LogP contribution in [0.4, 0.5) is 0 Å². The van der Waals surface area contributed by atoms with Crippen LogP contribution in [0.3, 0.4) is 0 Å². The minimum absolute atomic E-state index is 0.0575. The molecule has 2 rings (SSSR count). The van der Waals surface area contributed by atoms with Gasteiger partial charge in [0.15, 0.2) is 11.6 Å². The number of hydrogen-bond donors (Lipinski definition) is 1. The molecule has 1 aliphatic carbocycles. The van der Waals surface area contributed by atoms with Gasteiger partial charge in [0.05, 0.1) is 5.56 Å². The average Bonchev–Trinajstić information content (AvgIpc) is 2.32. The Bertz CT molecular complexity index is 511. The molecule has 2 bridgehead atoms. The van der Waals surface area contributed by atoms with Gasteiger partial charge < -0.3 is 5.11 Å². The van der Waals surface area contributed by atoms with Gasteiger partial charge in [-0.2, -0.15) is 0 Å². The number of carboxylic acid groups (broad SMARTS) is 1. The van der Waals surface area contributed by atoms with Gasteiger partial charge >= 0.3 is 5.97 Å². The van der Waals surface area contributed by atoms with Gasteiger partial charge in [-0.25, -0.2) is 4.79 Å². The molecule has 0 amide bonds. The van der Waals surface area contributed by atoms with Crippen LogP contribution in [0.5, 0.6) is 0 Å². The normalized spacial score (nSPS) is 13.9. The van der Waals surface area contributed by atoms with Crippen molar-refractivity contribution in [3.8, 4) is 0 Å². The van der Waals surface area contributed by atoms with Crippen molar-refractivity contribution in [2.45, 2.75) is 0 Å². The van der Waals surface area contributed by atoms with E-state index in [1.54, 1.807) is 0 Å². The molecule has 0 aromatic heterocycles. The zero-order chi connectivity index (χ0) is 11.0. The number of allylic oxidation sites excluding steroid dienone is 2. The summed E-state index contributed by atoms with van der Waals surface area (Å²) in [7, 11) is 0. The lowest BCUT2D eigenvalue weighted by Gasteiger charge is -2.01. The Morgan fingerprint density at radius 2 is 1.73 bits per heavy atom. The van der Waals surface area contributed by atoms with Gasteiger partial charge in [-0.3, -0.25) is 9.59 Å². The first-order valence-electron chi connectivity index (χ1n) is 4.23. The second-order valence-corrected chi connectivity index (χ2v) is 3.13. The van der Waals surface area contributed by atoms with Crippen LogP contribution in [0.15, 0.2) is 30.4 Å². The molecule has 0 fully saturated rings. The third-order valence-corrected chi connectivity index (χ3v) is 2.19. The van der Waals surface area contributed by atoms with Gasteiger partial charge in [0.1, 0.15) is 0 Å². The number of rotatable bonds is 1. The number of hydrogen-bond acceptors (Lipinski definition) is 3. The number of carbonyl (C=O) groups is 3. The van der Waals surface area contributed by atoms with Crippen molar-refractivity contribution in [3.63, 3.8) is 0 Å². The quantitative estimate of drug-likeness (QED) is 0.745. The maximum absolute atomic E-state index is 11.4. The number of benzene rings is 1. The average molecular weight is 202 g/mol. The number of fused-ring (bicyclic) bond motifs is 2. The van der Waals surface area contributed by atoms with E-state index in [9.17, 15) is 14.4 Å². The van der Waals surface area contributed by atoms with Gasteiger partial charge in [-0.1, -0.05) is 6.07 Å². The van der Waals surface area contributed by atoms with Crippen LogP contribution in [0, 0.1) is 0 Å². The summed E-state index contributed by atoms with van der Waals surface area (Å²) in [5.74, 6) is -1.92. The summed E-state index contributed by atoms with van der Waals surface area (Å²) in [6, 6.07) is 3.99. The molecular weight excluding hydrogens is 196 g/mol. The largest absolute Gasteiger partial charge is 0.478 e. The van der Waals surface area contributed by atoms with Crippen molar-refractivity contribution in [1.29, 1.82) is 0 Å². The zero-order valence-electron chi connectivity index (χ0n) is 7.56. The maximum atomic E-state index is 11.4. The van der Waals surface area contributed by atoms with E-state index in [2.05, 4.69) is 0 Å². The number of aromatic carboxylic acids is 1. The first-order valence-corrected chi connectivity index (χ1v) is 4.23. The highest BCUT2D eigenvalue weighted by Crippen LogP contribution is 2.17. The van der Waals surface area contributed by atoms with E-state index in [1.807, 2.05) is 0 Å². The fourth-order valence-electron chi connectivity index (χ4n) is 1.43. The molecule has 15 heavy (non-hydrogen) atoms. The lowest BCUT2D eigenvalue weighted by atomic mass is 10.0. The molecule has 1 aliphatic rings. The molecule has 0 saturated carbocycles. The van der Waals surface area contributed by atoms with Gasteiger partial charge in [-0.05, 0) is 24.3 Å². The van der Waals surface area contributed by atoms with Gasteiger partial charge in [-0.15, -0.1) is 0 Å². The molecule has 0 atom stereocenters. The monoisotopic (exact) mass is 202 g/mol. The summed E-state index contributed by atoms with van der Waals surface area (Å²) in [6.07, 6.45) is 2.24. The topological polar surface area (TPSA) is 71.4 Å². The number of ketones is 2. The van der Waals surface area contributed by atoms with Gasteiger partial charge in [0.25, 0.3) is 0 Å². The molecule has 0 radical (unpaired) electrons. The van der Waals surface area contributed by atoms with Crippen molar-refractivity contribution < 1.29 is 19.5 Å². The Labute approximate surface area is 84.8 Å². The highest BCUT2D eigenvalue weighted by Gasteiger charge is 2.19. The minimum Gasteiger partial charge on any atom is -0.478 e. The lowest BCUT2D eigenvalue weighted by molar-refractivity contribution is 0.0692. The second-order valence-electron chi connectivity index (χ2n) is 3.13. The first-order chi connectivity index (χ1) is 7.09. The van der Waals surface area contributed by atoms with Crippen LogP contribution in [-0.2, 0) is 0 Å². The van der Waals surface area contributed by atoms with Crippen molar-refractivity contribution in [2.75, 3.05) is 0 Å². The van der Waals surface area contributed by atoms with Crippen LogP contribution in [0.1, 0.15) is 31.1 Å². The van der Waals surface area contributed by atoms with Crippen molar-refractivity contribution in [2.24, 2.45) is 0 Å². The van der Waals surface area contributed by atoms with E-state index in [4.69, 9.17) is 5.11 Å². The Balaban J connectivity index is 2.72. The van der Waals surface area contributed by atoms with Crippen molar-refractivity contribution in [3.05, 3.63) is 47.0 Å². The summed E-state index contributed by atoms with van der Waals surface area (Å²) >= 11 is 0. The Morgan fingerprint density at radius 3 is 2.40 bits per heavy atom. The number of carboxylic acids is 1. The third-order valence-electron chi connectivity index (χ3n) is 2.19. The van der Waals surface area contributed by atoms with E-state index in [-0.39, 0.29) is 16.9 Å². The number of carbonyl (C=O) groups excluding carboxylic acids is 2. The third kappa shape index (κ3) is 1.46. The molecular formula is C11H6O4. The van der Waals surface area contributed by atoms with Crippen LogP contribution in [0.25, 0.3) is 0 Å². The van der Waals surface area contributed by atoms with E-state index in [0.717, 1.165) is 12.2 Å². The van der Waals surface area contributed by atoms with E-state index < -0.39 is 11.8 Å². The second kappa shape index (κ2) is 3.16. The summed E-state index contributed by atoms with van der Waals surface area (Å²) in [5, 5.41) is 8.83. The Morgan fingerprint density at radius 1 is 1.07 bits per heavy atom. The predicted octanol–water partition coefficient (Wildman–Crippen LogP) is 1.32. The van der Waals surface area contributed by atoms with Crippen LogP contribution in [-0.4, -0.2) is 22.6 Å². The molecule has 1 aromatic carbocycles. The highest BCUT2D eigenvalue weighted by molar-refractivity contribution is 6.18. The Hall–Kier alpha value is -2.23. The molecule has 0 aliphatic heterocycles. The van der Waals surface area contributed by atoms with Gasteiger partial charge in [0.2, 0.25) is 0 Å². The minimum atomic E-state index is -1.17. The lowest BCUT2D eigenvalue weighted by Crippen LogP contribution is -2.06. The molecule has 74 valence electrons. The molecule has 4 heteroatoms.